The van der Waals surface area contributed by atoms with Gasteiger partial charge in [-0.3, -0.25) is 0 Å². The Balaban J connectivity index is 4.17. The van der Waals surface area contributed by atoms with Gasteiger partial charge in [0.05, 0.1) is 0 Å². The first kappa shape index (κ1) is 8.88. The molecule has 0 fully saturated rings. The summed E-state index contributed by atoms with van der Waals surface area (Å²) in [5.41, 5.74) is 0. The Morgan fingerprint density at radius 3 is 2.60 bits per heavy atom. The molecule has 1 nitrogen and oxygen atoms in total. The molecule has 0 rings (SSSR count). The first-order chi connectivity index (χ1) is 4.72. The molecule has 0 aromatic rings. The third-order valence-corrected chi connectivity index (χ3v) is 0.785. The number of allylic oxidation sites excluding steroid dienone is 4. The van der Waals surface area contributed by atoms with E-state index >= 15 is 0 Å². The van der Waals surface area contributed by atoms with Crippen LogP contribution in [-0.2, 0) is 0 Å². The van der Waals surface area contributed by atoms with Gasteiger partial charge in [0.1, 0.15) is 12.4 Å². The molecule has 1 N–H and O–H groups in total. The van der Waals surface area contributed by atoms with Gasteiger partial charge in [0, 0.05) is 0 Å². The third kappa shape index (κ3) is 3.02. The standard InChI is InChI=1S/C7H8F2O/c1-2-3-4-7(10)6(9)5-8/h2-4,10H,1,5H2/b4-3-,7-6-. The maximum absolute atomic E-state index is 12.0. The molecule has 0 aliphatic carbocycles. The van der Waals surface area contributed by atoms with Crippen LogP contribution in [0.4, 0.5) is 8.78 Å². The highest BCUT2D eigenvalue weighted by atomic mass is 19.2. The van der Waals surface area contributed by atoms with Gasteiger partial charge in [-0.15, -0.1) is 0 Å². The van der Waals surface area contributed by atoms with Crippen LogP contribution in [0.25, 0.3) is 0 Å². The summed E-state index contributed by atoms with van der Waals surface area (Å²) < 4.78 is 23.4. The van der Waals surface area contributed by atoms with E-state index in [-0.39, 0.29) is 0 Å². The number of rotatable bonds is 3. The Labute approximate surface area is 58.0 Å². The Kier molecular flexibility index (Phi) is 4.20. The summed E-state index contributed by atoms with van der Waals surface area (Å²) in [5, 5.41) is 8.58. The second-order valence-electron chi connectivity index (χ2n) is 1.52. The van der Waals surface area contributed by atoms with Gasteiger partial charge < -0.3 is 5.11 Å². The zero-order valence-electron chi connectivity index (χ0n) is 5.35. The maximum atomic E-state index is 12.0. The number of hydrogen-bond donors (Lipinski definition) is 1. The summed E-state index contributed by atoms with van der Waals surface area (Å²) in [5.74, 6) is -1.86. The third-order valence-electron chi connectivity index (χ3n) is 0.785. The van der Waals surface area contributed by atoms with E-state index in [1.807, 2.05) is 0 Å². The van der Waals surface area contributed by atoms with E-state index in [1.165, 1.54) is 12.2 Å². The fourth-order valence-electron chi connectivity index (χ4n) is 0.318. The van der Waals surface area contributed by atoms with E-state index in [9.17, 15) is 8.78 Å². The first-order valence-corrected chi connectivity index (χ1v) is 2.65. The molecule has 0 aromatic carbocycles. The van der Waals surface area contributed by atoms with Crippen molar-refractivity contribution in [3.05, 3.63) is 36.4 Å². The smallest absolute Gasteiger partial charge is 0.172 e. The molecule has 0 saturated heterocycles. The first-order valence-electron chi connectivity index (χ1n) is 2.65. The van der Waals surface area contributed by atoms with Crippen LogP contribution in [-0.4, -0.2) is 11.8 Å². The van der Waals surface area contributed by atoms with Crippen molar-refractivity contribution in [3.63, 3.8) is 0 Å². The molecule has 56 valence electrons. The van der Waals surface area contributed by atoms with E-state index < -0.39 is 18.3 Å². The van der Waals surface area contributed by atoms with Gasteiger partial charge in [-0.05, 0) is 6.08 Å². The molecule has 0 atom stereocenters. The van der Waals surface area contributed by atoms with Crippen molar-refractivity contribution < 1.29 is 13.9 Å². The lowest BCUT2D eigenvalue weighted by Crippen LogP contribution is -1.83. The van der Waals surface area contributed by atoms with Gasteiger partial charge in [-0.2, -0.15) is 0 Å². The number of halogens is 2. The second-order valence-corrected chi connectivity index (χ2v) is 1.52. The van der Waals surface area contributed by atoms with Crippen LogP contribution in [0, 0.1) is 0 Å². The van der Waals surface area contributed by atoms with Crippen LogP contribution in [0.2, 0.25) is 0 Å². The molecule has 0 aliphatic heterocycles. The van der Waals surface area contributed by atoms with Gasteiger partial charge in [0.2, 0.25) is 0 Å². The van der Waals surface area contributed by atoms with Gasteiger partial charge in [-0.1, -0.05) is 18.7 Å². The van der Waals surface area contributed by atoms with E-state index in [0.717, 1.165) is 6.08 Å². The Bertz CT molecular complexity index is 170. The Hall–Kier alpha value is -1.12. The molecular weight excluding hydrogens is 138 g/mol. The Morgan fingerprint density at radius 1 is 1.60 bits per heavy atom. The molecule has 0 saturated carbocycles. The summed E-state index contributed by atoms with van der Waals surface area (Å²) in [6, 6.07) is 0. The molecule has 0 aromatic heterocycles. The van der Waals surface area contributed by atoms with Crippen molar-refractivity contribution in [2.45, 2.75) is 0 Å². The van der Waals surface area contributed by atoms with Crippen LogP contribution in [0.3, 0.4) is 0 Å². The van der Waals surface area contributed by atoms with Crippen molar-refractivity contribution >= 4 is 0 Å². The minimum atomic E-state index is -1.28. The molecular formula is C7H8F2O. The van der Waals surface area contributed by atoms with E-state index in [0.29, 0.717) is 0 Å². The summed E-state index contributed by atoms with van der Waals surface area (Å²) in [4.78, 5) is 0. The SMILES string of the molecule is C=C/C=C\C(O)=C(\F)CF. The zero-order valence-corrected chi connectivity index (χ0v) is 5.35. The predicted octanol–water partition coefficient (Wildman–Crippen LogP) is 2.44. The lowest BCUT2D eigenvalue weighted by molar-refractivity contribution is 0.369. The minimum Gasteiger partial charge on any atom is -0.505 e. The van der Waals surface area contributed by atoms with Crippen LogP contribution in [0.15, 0.2) is 36.4 Å². The maximum Gasteiger partial charge on any atom is 0.172 e. The average molecular weight is 146 g/mol. The number of aliphatic hydroxyl groups excluding tert-OH is 1. The second kappa shape index (κ2) is 4.73. The van der Waals surface area contributed by atoms with Gasteiger partial charge in [0.15, 0.2) is 5.83 Å². The highest BCUT2D eigenvalue weighted by molar-refractivity contribution is 5.17. The van der Waals surface area contributed by atoms with E-state index in [1.54, 1.807) is 0 Å². The predicted molar refractivity (Wildman–Crippen MR) is 36.1 cm³/mol. The summed E-state index contributed by atoms with van der Waals surface area (Å²) in [7, 11) is 0. The van der Waals surface area contributed by atoms with Crippen LogP contribution in [0.1, 0.15) is 0 Å². The molecule has 0 heterocycles. The fourth-order valence-corrected chi connectivity index (χ4v) is 0.318. The number of aliphatic hydroxyl groups is 1. The van der Waals surface area contributed by atoms with E-state index in [4.69, 9.17) is 5.11 Å². The summed E-state index contributed by atoms with van der Waals surface area (Å²) in [6.07, 6.45) is 3.69. The fraction of sp³-hybridized carbons (Fsp3) is 0.143. The van der Waals surface area contributed by atoms with Crippen LogP contribution in [0.5, 0.6) is 0 Å². The van der Waals surface area contributed by atoms with Crippen LogP contribution < -0.4 is 0 Å². The van der Waals surface area contributed by atoms with Crippen molar-refractivity contribution in [1.82, 2.24) is 0 Å². The molecule has 10 heavy (non-hydrogen) atoms. The van der Waals surface area contributed by atoms with Gasteiger partial charge in [0.25, 0.3) is 0 Å². The Morgan fingerprint density at radius 2 is 2.20 bits per heavy atom. The molecule has 0 bridgehead atoms. The average Bonchev–Trinajstić information content (AvgIpc) is 1.98. The monoisotopic (exact) mass is 146 g/mol. The zero-order chi connectivity index (χ0) is 7.98. The highest BCUT2D eigenvalue weighted by Crippen LogP contribution is 2.04. The van der Waals surface area contributed by atoms with Crippen molar-refractivity contribution in [2.24, 2.45) is 0 Å². The summed E-state index contributed by atoms with van der Waals surface area (Å²) in [6.45, 7) is 2.00. The van der Waals surface area contributed by atoms with Crippen LogP contribution >= 0.6 is 0 Å². The molecule has 3 heteroatoms. The van der Waals surface area contributed by atoms with E-state index in [2.05, 4.69) is 6.58 Å². The molecule has 0 amide bonds. The molecule has 0 radical (unpaired) electrons. The lowest BCUT2D eigenvalue weighted by Gasteiger charge is -1.89. The van der Waals surface area contributed by atoms with Gasteiger partial charge in [-0.25, -0.2) is 8.78 Å². The topological polar surface area (TPSA) is 20.2 Å². The van der Waals surface area contributed by atoms with Crippen molar-refractivity contribution in [1.29, 1.82) is 0 Å². The molecule has 0 unspecified atom stereocenters. The minimum absolute atomic E-state index is 0.692. The van der Waals surface area contributed by atoms with Crippen molar-refractivity contribution in [3.8, 4) is 0 Å². The quantitative estimate of drug-likeness (QED) is 0.479. The number of hydrogen-bond acceptors (Lipinski definition) is 1. The largest absolute Gasteiger partial charge is 0.505 e. The van der Waals surface area contributed by atoms with Gasteiger partial charge >= 0.3 is 0 Å². The molecule has 0 spiro atoms. The normalized spacial score (nSPS) is 13.4. The molecule has 0 aliphatic rings. The lowest BCUT2D eigenvalue weighted by atomic mass is 10.4. The highest BCUT2D eigenvalue weighted by Gasteiger charge is 1.98. The summed E-state index contributed by atoms with van der Waals surface area (Å²) >= 11 is 0. The number of alkyl halides is 1. The van der Waals surface area contributed by atoms with Crippen molar-refractivity contribution in [2.75, 3.05) is 6.67 Å².